The molecule has 1 saturated heterocycles. The van der Waals surface area contributed by atoms with Gasteiger partial charge >= 0.3 is 17.8 Å². The minimum Gasteiger partial charge on any atom is -0.467 e. The van der Waals surface area contributed by atoms with Crippen molar-refractivity contribution >= 4 is 40.8 Å². The number of carbonyl (C=O) groups excluding carboxylic acids is 4. The summed E-state index contributed by atoms with van der Waals surface area (Å²) in [5.74, 6) is -1.97. The lowest BCUT2D eigenvalue weighted by atomic mass is 10.0. The highest BCUT2D eigenvalue weighted by atomic mass is 32.1. The van der Waals surface area contributed by atoms with Crippen molar-refractivity contribution in [3.63, 3.8) is 0 Å². The van der Waals surface area contributed by atoms with Crippen molar-refractivity contribution in [2.45, 2.75) is 25.8 Å². The molecule has 1 aromatic carbocycles. The molecular weight excluding hydrogens is 468 g/mol. The number of rotatable bonds is 7. The summed E-state index contributed by atoms with van der Waals surface area (Å²) < 4.78 is 5.54. The maximum Gasteiger partial charge on any atom is 0.334 e. The first-order chi connectivity index (χ1) is 16.9. The predicted octanol–water partition coefficient (Wildman–Crippen LogP) is 3.36. The smallest absolute Gasteiger partial charge is 0.334 e. The molecule has 178 valence electrons. The number of urea groups is 1. The highest BCUT2D eigenvalue weighted by molar-refractivity contribution is 7.09. The number of imide groups is 2. The second kappa shape index (κ2) is 9.30. The Kier molecular flexibility index (Phi) is 6.04. The minimum absolute atomic E-state index is 0.0725. The fourth-order valence-electron chi connectivity index (χ4n) is 4.13. The maximum atomic E-state index is 13.3. The zero-order valence-electron chi connectivity index (χ0n) is 18.9. The number of carbonyl (C=O) groups is 4. The second-order valence-corrected chi connectivity index (χ2v) is 9.38. The Labute approximate surface area is 205 Å². The summed E-state index contributed by atoms with van der Waals surface area (Å²) in [5.41, 5.74) is 2.65. The number of thiophene rings is 1. The molecule has 4 heterocycles. The van der Waals surface area contributed by atoms with Crippen molar-refractivity contribution in [1.82, 2.24) is 14.8 Å². The molecule has 2 aromatic heterocycles. The molecule has 0 N–H and O–H groups in total. The molecule has 1 fully saturated rings. The Morgan fingerprint density at radius 3 is 2.51 bits per heavy atom. The Morgan fingerprint density at radius 1 is 1.06 bits per heavy atom. The second-order valence-electron chi connectivity index (χ2n) is 8.35. The van der Waals surface area contributed by atoms with Crippen LogP contribution in [0.3, 0.4) is 0 Å². The molecule has 2 aliphatic rings. The highest BCUT2D eigenvalue weighted by Crippen LogP contribution is 2.33. The van der Waals surface area contributed by atoms with E-state index in [1.165, 1.54) is 22.6 Å². The molecule has 0 unspecified atom stereocenters. The van der Waals surface area contributed by atoms with Gasteiger partial charge in [0.25, 0.3) is 5.91 Å². The molecular formula is C25H22N4O5S. The van der Waals surface area contributed by atoms with Gasteiger partial charge in [0.2, 0.25) is 0 Å². The fraction of sp³-hybridized carbons (Fsp3) is 0.240. The SMILES string of the molecule is Cc1ccc(C2=NN(C(=O)CN3C(=O)C(=O)N(CCc4cccs4)C3=O)[C@@H](c3ccco3)C2)cc1. The third kappa shape index (κ3) is 4.40. The summed E-state index contributed by atoms with van der Waals surface area (Å²) in [6.45, 7) is 1.47. The third-order valence-electron chi connectivity index (χ3n) is 6.01. The van der Waals surface area contributed by atoms with Crippen LogP contribution in [0.15, 0.2) is 69.7 Å². The van der Waals surface area contributed by atoms with Gasteiger partial charge < -0.3 is 4.42 Å². The summed E-state index contributed by atoms with van der Waals surface area (Å²) in [6.07, 6.45) is 2.37. The summed E-state index contributed by atoms with van der Waals surface area (Å²) in [4.78, 5) is 53.7. The molecule has 5 amide bonds. The van der Waals surface area contributed by atoms with Gasteiger partial charge in [-0.1, -0.05) is 35.9 Å². The minimum atomic E-state index is -1.01. The Hall–Kier alpha value is -4.05. The molecule has 2 aliphatic heterocycles. The van der Waals surface area contributed by atoms with Crippen molar-refractivity contribution in [2.24, 2.45) is 5.10 Å². The number of hydrogen-bond acceptors (Lipinski definition) is 7. The quantitative estimate of drug-likeness (QED) is 0.373. The molecule has 5 rings (SSSR count). The Morgan fingerprint density at radius 2 is 1.83 bits per heavy atom. The van der Waals surface area contributed by atoms with Crippen LogP contribution in [0.1, 0.15) is 34.2 Å². The number of hydrogen-bond donors (Lipinski definition) is 0. The number of nitrogens with zero attached hydrogens (tertiary/aromatic N) is 4. The number of benzene rings is 1. The van der Waals surface area contributed by atoms with Gasteiger partial charge in [0.05, 0.1) is 12.0 Å². The lowest BCUT2D eigenvalue weighted by Crippen LogP contribution is -2.42. The van der Waals surface area contributed by atoms with Crippen LogP contribution in [0.4, 0.5) is 4.79 Å². The highest BCUT2D eigenvalue weighted by Gasteiger charge is 2.46. The maximum absolute atomic E-state index is 13.3. The van der Waals surface area contributed by atoms with Crippen LogP contribution in [-0.4, -0.2) is 57.4 Å². The normalized spacial score (nSPS) is 18.1. The molecule has 0 radical (unpaired) electrons. The zero-order valence-corrected chi connectivity index (χ0v) is 19.7. The number of hydrazone groups is 1. The van der Waals surface area contributed by atoms with Crippen LogP contribution in [0.25, 0.3) is 0 Å². The van der Waals surface area contributed by atoms with E-state index in [1.807, 2.05) is 48.7 Å². The lowest BCUT2D eigenvalue weighted by Gasteiger charge is -2.22. The van der Waals surface area contributed by atoms with Crippen LogP contribution in [0, 0.1) is 6.92 Å². The molecule has 1 atom stereocenters. The molecule has 0 saturated carbocycles. The van der Waals surface area contributed by atoms with Crippen LogP contribution < -0.4 is 0 Å². The molecule has 35 heavy (non-hydrogen) atoms. The summed E-state index contributed by atoms with van der Waals surface area (Å²) in [7, 11) is 0. The third-order valence-corrected chi connectivity index (χ3v) is 6.95. The van der Waals surface area contributed by atoms with E-state index in [4.69, 9.17) is 4.42 Å². The zero-order chi connectivity index (χ0) is 24.5. The average molecular weight is 491 g/mol. The first-order valence-corrected chi connectivity index (χ1v) is 12.0. The van der Waals surface area contributed by atoms with Crippen molar-refractivity contribution in [1.29, 1.82) is 0 Å². The average Bonchev–Trinajstić information content (AvgIpc) is 3.65. The van der Waals surface area contributed by atoms with Crippen LogP contribution in [0.5, 0.6) is 0 Å². The van der Waals surface area contributed by atoms with Gasteiger partial charge in [-0.15, -0.1) is 11.3 Å². The largest absolute Gasteiger partial charge is 0.467 e. The van der Waals surface area contributed by atoms with Crippen LogP contribution >= 0.6 is 11.3 Å². The molecule has 9 nitrogen and oxygen atoms in total. The van der Waals surface area contributed by atoms with E-state index in [1.54, 1.807) is 12.1 Å². The van der Waals surface area contributed by atoms with Crippen LogP contribution in [0.2, 0.25) is 0 Å². The Balaban J connectivity index is 1.34. The van der Waals surface area contributed by atoms with Crippen molar-refractivity contribution in [3.05, 3.63) is 81.9 Å². The van der Waals surface area contributed by atoms with Gasteiger partial charge in [-0.05, 0) is 36.1 Å². The predicted molar refractivity (Wildman–Crippen MR) is 127 cm³/mol. The van der Waals surface area contributed by atoms with Gasteiger partial charge in [0, 0.05) is 24.3 Å². The van der Waals surface area contributed by atoms with E-state index in [-0.39, 0.29) is 6.54 Å². The fourth-order valence-corrected chi connectivity index (χ4v) is 4.83. The van der Waals surface area contributed by atoms with E-state index in [9.17, 15) is 19.2 Å². The Bertz CT molecular complexity index is 1300. The monoisotopic (exact) mass is 490 g/mol. The van der Waals surface area contributed by atoms with E-state index in [0.717, 1.165) is 20.9 Å². The number of aryl methyl sites for hydroxylation is 1. The van der Waals surface area contributed by atoms with Gasteiger partial charge in [0.15, 0.2) is 0 Å². The van der Waals surface area contributed by atoms with Gasteiger partial charge in [-0.2, -0.15) is 5.10 Å². The summed E-state index contributed by atoms with van der Waals surface area (Å²) in [6, 6.07) is 13.7. The number of amides is 5. The van der Waals surface area contributed by atoms with Gasteiger partial charge in [-0.3, -0.25) is 19.3 Å². The van der Waals surface area contributed by atoms with Gasteiger partial charge in [-0.25, -0.2) is 14.7 Å². The van der Waals surface area contributed by atoms with E-state index in [0.29, 0.717) is 29.2 Å². The molecule has 0 aliphatic carbocycles. The first-order valence-electron chi connectivity index (χ1n) is 11.1. The molecule has 10 heteroatoms. The van der Waals surface area contributed by atoms with Gasteiger partial charge in [0.1, 0.15) is 18.3 Å². The summed E-state index contributed by atoms with van der Waals surface area (Å²) >= 11 is 1.50. The lowest BCUT2D eigenvalue weighted by molar-refractivity contribution is -0.145. The van der Waals surface area contributed by atoms with Crippen molar-refractivity contribution in [2.75, 3.05) is 13.1 Å². The van der Waals surface area contributed by atoms with Crippen molar-refractivity contribution in [3.8, 4) is 0 Å². The van der Waals surface area contributed by atoms with E-state index in [2.05, 4.69) is 5.10 Å². The topological polar surface area (TPSA) is 104 Å². The van der Waals surface area contributed by atoms with Crippen molar-refractivity contribution < 1.29 is 23.6 Å². The van der Waals surface area contributed by atoms with E-state index < -0.39 is 36.3 Å². The molecule has 0 spiro atoms. The first kappa shape index (κ1) is 22.7. The number of furan rings is 1. The molecule has 0 bridgehead atoms. The molecule has 3 aromatic rings. The van der Waals surface area contributed by atoms with E-state index >= 15 is 0 Å². The summed E-state index contributed by atoms with van der Waals surface area (Å²) in [5, 5.41) is 7.66. The van der Waals surface area contributed by atoms with Crippen LogP contribution in [-0.2, 0) is 20.8 Å². The standard InChI is InChI=1S/C25H22N4O5S/c1-16-6-8-17(9-7-16)19-14-20(21-5-2-12-34-21)29(26-19)22(30)15-28-24(32)23(31)27(25(28)33)11-10-18-4-3-13-35-18/h2-9,12-13,20H,10-11,14-15H2,1H3/t20-/m1/s1.